The van der Waals surface area contributed by atoms with Gasteiger partial charge < -0.3 is 9.47 Å². The van der Waals surface area contributed by atoms with Gasteiger partial charge in [-0.15, -0.1) is 0 Å². The molecule has 6 aromatic rings. The maximum absolute atomic E-state index is 7.93. The number of aliphatic imine (C=N–C) groups is 2. The minimum absolute atomic E-state index is 0.0891. The van der Waals surface area contributed by atoms with Crippen LogP contribution in [0.4, 0.5) is 0 Å². The summed E-state index contributed by atoms with van der Waals surface area (Å²) in [4.78, 5) is 7.76. The van der Waals surface area contributed by atoms with Crippen LogP contribution in [-0.2, 0) is 9.47 Å². The van der Waals surface area contributed by atoms with Gasteiger partial charge in [0.15, 0.2) is 0 Å². The van der Waals surface area contributed by atoms with E-state index >= 15 is 0 Å². The highest BCUT2D eigenvalue weighted by Crippen LogP contribution is 2.45. The van der Waals surface area contributed by atoms with E-state index in [2.05, 4.69) is 52.4 Å². The monoisotopic (exact) mass is 552 g/mol. The lowest BCUT2D eigenvalue weighted by atomic mass is 9.84. The molecule has 0 unspecified atom stereocenters. The van der Waals surface area contributed by atoms with Gasteiger partial charge in [-0.3, -0.25) is 0 Å². The van der Waals surface area contributed by atoms with Crippen molar-refractivity contribution in [1.29, 1.82) is 0 Å². The van der Waals surface area contributed by atoms with Crippen molar-refractivity contribution in [3.05, 3.63) is 132 Å². The molecule has 0 aromatic heterocycles. The smallest absolute Gasteiger partial charge is 0.216 e. The Kier molecular flexibility index (Phi) is 4.31. The number of rotatable bonds is 5. The zero-order valence-corrected chi connectivity index (χ0v) is 22.3. The molecule has 202 valence electrons. The summed E-state index contributed by atoms with van der Waals surface area (Å²) < 4.78 is 73.9. The summed E-state index contributed by atoms with van der Waals surface area (Å²) in [5, 5.41) is 3.96. The molecule has 0 N–H and O–H groups in total. The number of nitrogens with zero attached hydrogens (tertiary/aromatic N) is 2. The second-order valence-corrected chi connectivity index (χ2v) is 10.0. The van der Waals surface area contributed by atoms with Crippen LogP contribution >= 0.6 is 0 Å². The highest BCUT2D eigenvalue weighted by Gasteiger charge is 2.19. The van der Waals surface area contributed by atoms with E-state index in [0.717, 1.165) is 54.9 Å². The standard InChI is InChI=1S/C38H28N2O2/c1-2-6-25(7-3-1)30-18-19-33-34(24-30)36(27-12-16-29(17-13-27)38-40-21-23-42-38)32-9-5-4-8-31(32)35(33)26-10-14-28(15-11-26)37-39-20-22-41-37/h1-19,24H,20-23H2/i20D2,21D2,22D2,23D2. The van der Waals surface area contributed by atoms with Crippen LogP contribution in [0.15, 0.2) is 131 Å². The van der Waals surface area contributed by atoms with Crippen LogP contribution in [0.25, 0.3) is 54.9 Å². The Bertz CT molecular complexity index is 2370. The predicted octanol–water partition coefficient (Wildman–Crippen LogP) is 8.55. The molecule has 2 heterocycles. The first kappa shape index (κ1) is 17.6. The number of ether oxygens (including phenoxy) is 2. The van der Waals surface area contributed by atoms with Crippen LogP contribution < -0.4 is 0 Å². The van der Waals surface area contributed by atoms with Crippen LogP contribution in [0.5, 0.6) is 0 Å². The van der Waals surface area contributed by atoms with E-state index in [9.17, 15) is 0 Å². The first-order valence-corrected chi connectivity index (χ1v) is 13.6. The molecule has 6 aromatic carbocycles. The molecule has 4 nitrogen and oxygen atoms in total. The SMILES string of the molecule is [2H]C1([2H])N=C(c2ccc(-c3c4ccccc4c(-c4ccc(C5=NC([2H])([2H])C([2H])([2H])O5)cc4)c4cc(-c5ccccc5)ccc34)cc2)OC1([2H])[2H]. The highest BCUT2D eigenvalue weighted by molar-refractivity contribution is 6.22. The second kappa shape index (κ2) is 10.3. The molecule has 8 rings (SSSR count). The van der Waals surface area contributed by atoms with Crippen molar-refractivity contribution < 1.29 is 20.4 Å². The molecule has 0 amide bonds. The topological polar surface area (TPSA) is 43.2 Å². The van der Waals surface area contributed by atoms with Gasteiger partial charge in [0.2, 0.25) is 11.8 Å². The number of fused-ring (bicyclic) bond motifs is 2. The lowest BCUT2D eigenvalue weighted by Gasteiger charge is -2.19. The number of benzene rings is 6. The van der Waals surface area contributed by atoms with Gasteiger partial charge in [0.25, 0.3) is 0 Å². The third kappa shape index (κ3) is 4.24. The van der Waals surface area contributed by atoms with Crippen molar-refractivity contribution in [3.63, 3.8) is 0 Å². The third-order valence-corrected chi connectivity index (χ3v) is 7.67. The van der Waals surface area contributed by atoms with Crippen molar-refractivity contribution in [2.45, 2.75) is 0 Å². The van der Waals surface area contributed by atoms with E-state index in [1.165, 1.54) is 0 Å². The molecule has 2 aliphatic heterocycles. The molecule has 0 saturated carbocycles. The molecule has 0 aliphatic carbocycles. The Morgan fingerprint density at radius 2 is 0.881 bits per heavy atom. The fourth-order valence-corrected chi connectivity index (χ4v) is 5.75. The minimum atomic E-state index is -2.57. The van der Waals surface area contributed by atoms with Gasteiger partial charge in [-0.25, -0.2) is 9.98 Å². The summed E-state index contributed by atoms with van der Waals surface area (Å²) in [6, 6.07) is 39.3. The lowest BCUT2D eigenvalue weighted by Crippen LogP contribution is -2.01. The Morgan fingerprint density at radius 3 is 1.40 bits per heavy atom. The van der Waals surface area contributed by atoms with E-state index in [1.807, 2.05) is 54.6 Å². The molecule has 0 atom stereocenters. The van der Waals surface area contributed by atoms with Crippen molar-refractivity contribution >= 4 is 33.3 Å². The number of hydrogen-bond donors (Lipinski definition) is 0. The summed E-state index contributed by atoms with van der Waals surface area (Å²) in [5.41, 5.74) is 6.79. The van der Waals surface area contributed by atoms with Crippen LogP contribution in [0.2, 0.25) is 0 Å². The Labute approximate surface area is 255 Å². The van der Waals surface area contributed by atoms with E-state index in [-0.39, 0.29) is 11.8 Å². The van der Waals surface area contributed by atoms with Crippen LogP contribution in [0, 0.1) is 0 Å². The molecule has 0 radical (unpaired) electrons. The quantitative estimate of drug-likeness (QED) is 0.201. The molecule has 0 spiro atoms. The van der Waals surface area contributed by atoms with E-state index in [1.54, 1.807) is 24.3 Å². The average Bonchev–Trinajstić information content (AvgIpc) is 3.46. The Hall–Kier alpha value is -5.22. The first-order valence-electron chi connectivity index (χ1n) is 17.6. The van der Waals surface area contributed by atoms with Crippen LogP contribution in [0.1, 0.15) is 22.1 Å². The molecular formula is C38H28N2O2. The summed E-state index contributed by atoms with van der Waals surface area (Å²) in [5.74, 6) is -0.179. The molecule has 2 aliphatic rings. The zero-order valence-electron chi connectivity index (χ0n) is 30.3. The van der Waals surface area contributed by atoms with Gasteiger partial charge in [-0.05, 0) is 85.3 Å². The summed E-state index contributed by atoms with van der Waals surface area (Å²) in [7, 11) is 0. The number of hydrogen-bond acceptors (Lipinski definition) is 4. The van der Waals surface area contributed by atoms with Gasteiger partial charge in [-0.1, -0.05) is 91.0 Å². The van der Waals surface area contributed by atoms with Gasteiger partial charge in [0.1, 0.15) is 13.1 Å². The van der Waals surface area contributed by atoms with Gasteiger partial charge >= 0.3 is 0 Å². The summed E-state index contributed by atoms with van der Waals surface area (Å²) >= 11 is 0. The molecular weight excluding hydrogens is 516 g/mol. The van der Waals surface area contributed by atoms with Gasteiger partial charge in [-0.2, -0.15) is 0 Å². The van der Waals surface area contributed by atoms with E-state index in [0.29, 0.717) is 11.1 Å². The first-order chi connectivity index (χ1) is 23.7. The van der Waals surface area contributed by atoms with Crippen LogP contribution in [-0.4, -0.2) is 37.9 Å². The fourth-order valence-electron chi connectivity index (χ4n) is 5.75. The van der Waals surface area contributed by atoms with Gasteiger partial charge in [0.05, 0.1) is 24.0 Å². The third-order valence-electron chi connectivity index (χ3n) is 7.67. The van der Waals surface area contributed by atoms with Crippen LogP contribution in [0.3, 0.4) is 0 Å². The highest BCUT2D eigenvalue weighted by atomic mass is 16.5. The van der Waals surface area contributed by atoms with Crippen molar-refractivity contribution in [1.82, 2.24) is 0 Å². The van der Waals surface area contributed by atoms with Crippen molar-refractivity contribution in [2.75, 3.05) is 26.1 Å². The van der Waals surface area contributed by atoms with E-state index < -0.39 is 26.1 Å². The molecule has 42 heavy (non-hydrogen) atoms. The normalized spacial score (nSPS) is 22.1. The fraction of sp³-hybridized carbons (Fsp3) is 0.105. The van der Waals surface area contributed by atoms with E-state index in [4.69, 9.17) is 20.4 Å². The summed E-state index contributed by atoms with van der Waals surface area (Å²) in [6.07, 6.45) is 0. The predicted molar refractivity (Wildman–Crippen MR) is 172 cm³/mol. The van der Waals surface area contributed by atoms with Gasteiger partial charge in [0, 0.05) is 11.1 Å². The Morgan fingerprint density at radius 1 is 0.429 bits per heavy atom. The molecule has 0 fully saturated rings. The largest absolute Gasteiger partial charge is 0.476 e. The Balaban J connectivity index is 1.31. The maximum atomic E-state index is 7.93. The molecule has 4 heteroatoms. The van der Waals surface area contributed by atoms with Crippen molar-refractivity contribution in [2.24, 2.45) is 9.98 Å². The average molecular weight is 553 g/mol. The minimum Gasteiger partial charge on any atom is -0.476 e. The summed E-state index contributed by atoms with van der Waals surface area (Å²) in [6.45, 7) is -10.2. The lowest BCUT2D eigenvalue weighted by molar-refractivity contribution is 0.348. The second-order valence-electron chi connectivity index (χ2n) is 10.0. The van der Waals surface area contributed by atoms with Crippen molar-refractivity contribution in [3.8, 4) is 33.4 Å². The maximum Gasteiger partial charge on any atom is 0.216 e. The zero-order chi connectivity index (χ0) is 35.1. The molecule has 0 bridgehead atoms. The molecule has 0 saturated heterocycles.